The van der Waals surface area contributed by atoms with Crippen LogP contribution in [-0.2, 0) is 9.59 Å². The van der Waals surface area contributed by atoms with Gasteiger partial charge in [0.25, 0.3) is 0 Å². The van der Waals surface area contributed by atoms with E-state index in [0.717, 1.165) is 0 Å². The molecular formula is C10H9NO3. The van der Waals surface area contributed by atoms with Gasteiger partial charge in [0, 0.05) is 13.6 Å². The number of likely N-dealkylation sites (tertiary alicyclic amines) is 1. The van der Waals surface area contributed by atoms with Crippen molar-refractivity contribution in [2.75, 3.05) is 13.6 Å². The van der Waals surface area contributed by atoms with Gasteiger partial charge in [-0.3, -0.25) is 9.59 Å². The second-order valence-corrected chi connectivity index (χ2v) is 3.05. The van der Waals surface area contributed by atoms with Crippen LogP contribution in [-0.4, -0.2) is 35.5 Å². The van der Waals surface area contributed by atoms with E-state index in [1.54, 1.807) is 7.05 Å². The summed E-state index contributed by atoms with van der Waals surface area (Å²) >= 11 is 0. The summed E-state index contributed by atoms with van der Waals surface area (Å²) in [4.78, 5) is 23.5. The number of carboxylic acid groups (broad SMARTS) is 1. The predicted molar refractivity (Wildman–Crippen MR) is 48.9 cm³/mol. The number of aliphatic carboxylic acids is 1. The van der Waals surface area contributed by atoms with E-state index in [1.807, 2.05) is 0 Å². The number of carboxylic acids is 1. The van der Waals surface area contributed by atoms with Crippen LogP contribution in [0.1, 0.15) is 0 Å². The number of hydrogen-bond donors (Lipinski definition) is 1. The average Bonchev–Trinajstić information content (AvgIpc) is 2.39. The fourth-order valence-electron chi connectivity index (χ4n) is 1.44. The molecule has 72 valence electrons. The van der Waals surface area contributed by atoms with Gasteiger partial charge >= 0.3 is 5.97 Å². The molecule has 0 aromatic rings. The zero-order valence-corrected chi connectivity index (χ0v) is 7.65. The smallest absolute Gasteiger partial charge is 0.317 e. The first-order chi connectivity index (χ1) is 6.57. The number of nitrogens with zero attached hydrogens (tertiary/aromatic N) is 1. The topological polar surface area (TPSA) is 57.6 Å². The van der Waals surface area contributed by atoms with Crippen LogP contribution in [0.25, 0.3) is 0 Å². The summed E-state index contributed by atoms with van der Waals surface area (Å²) in [5.41, 5.74) is 0. The summed E-state index contributed by atoms with van der Waals surface area (Å²) in [5.74, 6) is 3.93. The third kappa shape index (κ3) is 1.70. The van der Waals surface area contributed by atoms with Crippen molar-refractivity contribution in [3.63, 3.8) is 0 Å². The van der Waals surface area contributed by atoms with Crippen LogP contribution in [0.4, 0.5) is 0 Å². The van der Waals surface area contributed by atoms with Gasteiger partial charge in [0.05, 0.1) is 5.92 Å². The summed E-state index contributed by atoms with van der Waals surface area (Å²) < 4.78 is 0. The first-order valence-corrected chi connectivity index (χ1v) is 4.02. The number of amides is 1. The zero-order chi connectivity index (χ0) is 10.7. The van der Waals surface area contributed by atoms with Crippen LogP contribution in [0.2, 0.25) is 0 Å². The minimum Gasteiger partial charge on any atom is -0.481 e. The standard InChI is InChI=1S/C10H9NO3/c1-3-4-5-7-6-11(2)9(12)8(7)10(13)14/h1,7-8H,6H2,2H3,(H,13,14)/t7?,8-/m0/s1. The minimum absolute atomic E-state index is 0.324. The highest BCUT2D eigenvalue weighted by atomic mass is 16.4. The van der Waals surface area contributed by atoms with E-state index in [1.165, 1.54) is 4.90 Å². The second kappa shape index (κ2) is 3.85. The van der Waals surface area contributed by atoms with Gasteiger partial charge in [0.2, 0.25) is 5.91 Å². The molecule has 1 rings (SSSR count). The van der Waals surface area contributed by atoms with Crippen LogP contribution < -0.4 is 0 Å². The van der Waals surface area contributed by atoms with Gasteiger partial charge in [-0.2, -0.15) is 0 Å². The maximum absolute atomic E-state index is 11.3. The van der Waals surface area contributed by atoms with Crippen molar-refractivity contribution in [1.82, 2.24) is 4.90 Å². The summed E-state index contributed by atoms with van der Waals surface area (Å²) in [6, 6.07) is 0. The predicted octanol–water partition coefficient (Wildman–Crippen LogP) is -0.588. The van der Waals surface area contributed by atoms with E-state index in [-0.39, 0.29) is 0 Å². The number of rotatable bonds is 1. The van der Waals surface area contributed by atoms with Gasteiger partial charge in [0.15, 0.2) is 5.92 Å². The number of hydrogen-bond acceptors (Lipinski definition) is 2. The molecular weight excluding hydrogens is 182 g/mol. The van der Waals surface area contributed by atoms with E-state index in [0.29, 0.717) is 6.54 Å². The molecule has 1 amide bonds. The molecule has 0 aliphatic carbocycles. The highest BCUT2D eigenvalue weighted by Gasteiger charge is 2.42. The van der Waals surface area contributed by atoms with Gasteiger partial charge in [-0.1, -0.05) is 5.92 Å². The molecule has 1 aliphatic heterocycles. The lowest BCUT2D eigenvalue weighted by molar-refractivity contribution is -0.147. The van der Waals surface area contributed by atoms with Gasteiger partial charge in [-0.05, 0) is 11.8 Å². The maximum atomic E-state index is 11.3. The fourth-order valence-corrected chi connectivity index (χ4v) is 1.44. The second-order valence-electron chi connectivity index (χ2n) is 3.05. The molecule has 2 atom stereocenters. The Labute approximate surface area is 81.9 Å². The average molecular weight is 191 g/mol. The van der Waals surface area contributed by atoms with E-state index >= 15 is 0 Å². The first-order valence-electron chi connectivity index (χ1n) is 4.02. The molecule has 0 aromatic heterocycles. The normalized spacial score (nSPS) is 25.1. The van der Waals surface area contributed by atoms with Crippen LogP contribution >= 0.6 is 0 Å². The van der Waals surface area contributed by atoms with Crippen LogP contribution in [0.3, 0.4) is 0 Å². The Hall–Kier alpha value is -1.94. The maximum Gasteiger partial charge on any atom is 0.317 e. The number of carbonyl (C=O) groups is 2. The van der Waals surface area contributed by atoms with E-state index in [4.69, 9.17) is 11.5 Å². The molecule has 1 heterocycles. The molecule has 0 bridgehead atoms. The van der Waals surface area contributed by atoms with Crippen LogP contribution in [0.5, 0.6) is 0 Å². The van der Waals surface area contributed by atoms with Gasteiger partial charge in [-0.15, -0.1) is 6.42 Å². The lowest BCUT2D eigenvalue weighted by Gasteiger charge is -2.05. The van der Waals surface area contributed by atoms with Crippen molar-refractivity contribution in [2.24, 2.45) is 11.8 Å². The molecule has 1 N–H and O–H groups in total. The number of terminal acetylenes is 1. The zero-order valence-electron chi connectivity index (χ0n) is 7.65. The Morgan fingerprint density at radius 1 is 1.71 bits per heavy atom. The van der Waals surface area contributed by atoms with Gasteiger partial charge in [-0.25, -0.2) is 0 Å². The van der Waals surface area contributed by atoms with Gasteiger partial charge in [0.1, 0.15) is 0 Å². The Bertz CT molecular complexity index is 369. The Balaban J connectivity index is 2.92. The van der Waals surface area contributed by atoms with Crippen molar-refractivity contribution in [3.8, 4) is 24.2 Å². The third-order valence-corrected chi connectivity index (χ3v) is 2.11. The highest BCUT2D eigenvalue weighted by molar-refractivity contribution is 5.99. The Morgan fingerprint density at radius 2 is 2.36 bits per heavy atom. The minimum atomic E-state index is -1.14. The lowest BCUT2D eigenvalue weighted by atomic mass is 9.96. The molecule has 14 heavy (non-hydrogen) atoms. The summed E-state index contributed by atoms with van der Waals surface area (Å²) in [7, 11) is 1.55. The molecule has 0 aromatic carbocycles. The first kappa shape index (κ1) is 10.1. The third-order valence-electron chi connectivity index (χ3n) is 2.11. The lowest BCUT2D eigenvalue weighted by Crippen LogP contribution is -2.28. The monoisotopic (exact) mass is 191 g/mol. The Morgan fingerprint density at radius 3 is 2.86 bits per heavy atom. The molecule has 1 saturated heterocycles. The van der Waals surface area contributed by atoms with Crippen molar-refractivity contribution in [2.45, 2.75) is 0 Å². The van der Waals surface area contributed by atoms with Crippen molar-refractivity contribution in [1.29, 1.82) is 0 Å². The molecule has 4 heteroatoms. The largest absolute Gasteiger partial charge is 0.481 e. The van der Waals surface area contributed by atoms with Gasteiger partial charge < -0.3 is 10.0 Å². The quantitative estimate of drug-likeness (QED) is 0.445. The highest BCUT2D eigenvalue weighted by Crippen LogP contribution is 2.23. The van der Waals surface area contributed by atoms with E-state index < -0.39 is 23.7 Å². The molecule has 4 nitrogen and oxygen atoms in total. The fraction of sp³-hybridized carbons (Fsp3) is 0.400. The molecule has 1 unspecified atom stereocenters. The summed E-state index contributed by atoms with van der Waals surface area (Å²) in [6.45, 7) is 0.324. The van der Waals surface area contributed by atoms with Crippen molar-refractivity contribution >= 4 is 11.9 Å². The summed E-state index contributed by atoms with van der Waals surface area (Å²) in [6.07, 6.45) is 4.93. The molecule has 0 spiro atoms. The van der Waals surface area contributed by atoms with E-state index in [2.05, 4.69) is 17.8 Å². The number of carbonyl (C=O) groups excluding carboxylic acids is 1. The molecule has 0 saturated carbocycles. The SMILES string of the molecule is C#CC#CC1CN(C)C(=O)[C@H]1C(=O)O. The van der Waals surface area contributed by atoms with Crippen molar-refractivity contribution < 1.29 is 14.7 Å². The molecule has 1 aliphatic rings. The molecule has 0 radical (unpaired) electrons. The molecule has 1 fully saturated rings. The van der Waals surface area contributed by atoms with Crippen LogP contribution in [0, 0.1) is 36.0 Å². The van der Waals surface area contributed by atoms with Crippen molar-refractivity contribution in [3.05, 3.63) is 0 Å². The Kier molecular flexibility index (Phi) is 2.79. The van der Waals surface area contributed by atoms with Crippen LogP contribution in [0.15, 0.2) is 0 Å². The summed E-state index contributed by atoms with van der Waals surface area (Å²) in [5, 5.41) is 8.80. The van der Waals surface area contributed by atoms with E-state index in [9.17, 15) is 9.59 Å².